The molecule has 1 aliphatic heterocycles. The summed E-state index contributed by atoms with van der Waals surface area (Å²) in [6.45, 7) is 2.68. The van der Waals surface area contributed by atoms with Gasteiger partial charge in [0, 0.05) is 5.69 Å². The third kappa shape index (κ3) is 4.19. The molecule has 0 aliphatic carbocycles. The number of carbonyl (C=O) groups is 2. The number of carbonyl (C=O) groups excluding carboxylic acids is 1. The predicted molar refractivity (Wildman–Crippen MR) is 76.4 cm³/mol. The van der Waals surface area contributed by atoms with Crippen molar-refractivity contribution < 1.29 is 24.2 Å². The fourth-order valence-corrected chi connectivity index (χ4v) is 2.09. The number of benzene rings is 1. The molecule has 0 radical (unpaired) electrons. The molecule has 2 N–H and O–H groups in total. The first-order valence-electron chi connectivity index (χ1n) is 7.02. The fourth-order valence-electron chi connectivity index (χ4n) is 2.09. The lowest BCUT2D eigenvalue weighted by Gasteiger charge is -2.12. The number of nitrogens with one attached hydrogen (secondary N) is 1. The maximum atomic E-state index is 12.0. The van der Waals surface area contributed by atoms with Crippen LogP contribution >= 0.6 is 0 Å². The fraction of sp³-hybridized carbons (Fsp3) is 0.467. The lowest BCUT2D eigenvalue weighted by atomic mass is 10.2. The minimum Gasteiger partial charge on any atom is -0.494 e. The van der Waals surface area contributed by atoms with E-state index in [0.717, 1.165) is 12.2 Å². The molecule has 2 atom stereocenters. The molecule has 21 heavy (non-hydrogen) atoms. The van der Waals surface area contributed by atoms with Gasteiger partial charge in [0.05, 0.1) is 6.61 Å². The highest BCUT2D eigenvalue weighted by Gasteiger charge is 2.34. The zero-order valence-corrected chi connectivity index (χ0v) is 11.9. The smallest absolute Gasteiger partial charge is 0.332 e. The molecule has 0 saturated carbocycles. The van der Waals surface area contributed by atoms with Crippen LogP contribution in [0.25, 0.3) is 0 Å². The second-order valence-electron chi connectivity index (χ2n) is 4.89. The van der Waals surface area contributed by atoms with Gasteiger partial charge in [-0.3, -0.25) is 4.79 Å². The van der Waals surface area contributed by atoms with E-state index >= 15 is 0 Å². The largest absolute Gasteiger partial charge is 0.494 e. The van der Waals surface area contributed by atoms with Gasteiger partial charge in [0.25, 0.3) is 5.91 Å². The average molecular weight is 293 g/mol. The number of carboxylic acid groups (broad SMARTS) is 1. The first-order chi connectivity index (χ1) is 10.1. The van der Waals surface area contributed by atoms with E-state index in [0.29, 0.717) is 25.1 Å². The summed E-state index contributed by atoms with van der Waals surface area (Å²) >= 11 is 0. The van der Waals surface area contributed by atoms with Crippen LogP contribution in [0.2, 0.25) is 0 Å². The Bertz CT molecular complexity index is 499. The van der Waals surface area contributed by atoms with Gasteiger partial charge in [-0.1, -0.05) is 6.92 Å². The molecule has 2 rings (SSSR count). The maximum Gasteiger partial charge on any atom is 0.332 e. The van der Waals surface area contributed by atoms with Crippen molar-refractivity contribution in [1.82, 2.24) is 0 Å². The Morgan fingerprint density at radius 1 is 1.29 bits per heavy atom. The molecule has 0 aromatic heterocycles. The van der Waals surface area contributed by atoms with Gasteiger partial charge in [-0.15, -0.1) is 0 Å². The van der Waals surface area contributed by atoms with Crippen molar-refractivity contribution in [3.05, 3.63) is 24.3 Å². The van der Waals surface area contributed by atoms with Crippen molar-refractivity contribution in [2.75, 3.05) is 11.9 Å². The Kier molecular flexibility index (Phi) is 5.16. The Hall–Kier alpha value is -2.08. The van der Waals surface area contributed by atoms with Gasteiger partial charge in [-0.25, -0.2) is 4.79 Å². The summed E-state index contributed by atoms with van der Waals surface area (Å²) in [5.74, 6) is -0.596. The van der Waals surface area contributed by atoms with Gasteiger partial charge >= 0.3 is 5.97 Å². The van der Waals surface area contributed by atoms with Crippen LogP contribution in [0.1, 0.15) is 26.2 Å². The summed E-state index contributed by atoms with van der Waals surface area (Å²) in [7, 11) is 0. The molecule has 114 valence electrons. The number of aliphatic carboxylic acids is 1. The van der Waals surface area contributed by atoms with Crippen molar-refractivity contribution in [3.8, 4) is 5.75 Å². The maximum absolute atomic E-state index is 12.0. The average Bonchev–Trinajstić information content (AvgIpc) is 2.97. The van der Waals surface area contributed by atoms with E-state index < -0.39 is 18.2 Å². The van der Waals surface area contributed by atoms with E-state index in [2.05, 4.69) is 5.32 Å². The number of carboxylic acids is 1. The normalized spacial score (nSPS) is 21.0. The van der Waals surface area contributed by atoms with E-state index in [1.165, 1.54) is 0 Å². The monoisotopic (exact) mass is 293 g/mol. The molecule has 1 fully saturated rings. The molecule has 6 nitrogen and oxygen atoms in total. The van der Waals surface area contributed by atoms with Crippen molar-refractivity contribution in [3.63, 3.8) is 0 Å². The number of hydrogen-bond acceptors (Lipinski definition) is 4. The van der Waals surface area contributed by atoms with Gasteiger partial charge in [-0.2, -0.15) is 0 Å². The van der Waals surface area contributed by atoms with E-state index in [9.17, 15) is 9.59 Å². The van der Waals surface area contributed by atoms with Crippen LogP contribution in [0.4, 0.5) is 5.69 Å². The molecule has 1 heterocycles. The molecule has 1 amide bonds. The van der Waals surface area contributed by atoms with Gasteiger partial charge in [0.2, 0.25) is 0 Å². The molecular weight excluding hydrogens is 274 g/mol. The first kappa shape index (κ1) is 15.3. The SMILES string of the molecule is CCCOc1ccc(NC(=O)C2CCC(C(=O)O)O2)cc1. The lowest BCUT2D eigenvalue weighted by molar-refractivity contribution is -0.150. The van der Waals surface area contributed by atoms with Crippen molar-refractivity contribution >= 4 is 17.6 Å². The second kappa shape index (κ2) is 7.08. The Balaban J connectivity index is 1.87. The number of amides is 1. The lowest BCUT2D eigenvalue weighted by Crippen LogP contribution is -2.29. The minimum atomic E-state index is -1.03. The van der Waals surface area contributed by atoms with E-state index in [-0.39, 0.29) is 5.91 Å². The van der Waals surface area contributed by atoms with Gasteiger partial charge in [0.1, 0.15) is 11.9 Å². The Labute approximate surface area is 123 Å². The van der Waals surface area contributed by atoms with Crippen molar-refractivity contribution in [1.29, 1.82) is 0 Å². The van der Waals surface area contributed by atoms with E-state index in [1.807, 2.05) is 6.92 Å². The zero-order valence-electron chi connectivity index (χ0n) is 11.9. The van der Waals surface area contributed by atoms with Crippen LogP contribution in [-0.4, -0.2) is 35.8 Å². The highest BCUT2D eigenvalue weighted by Crippen LogP contribution is 2.22. The summed E-state index contributed by atoms with van der Waals surface area (Å²) in [6.07, 6.45) is 0.118. The number of rotatable bonds is 6. The number of ether oxygens (including phenoxy) is 2. The highest BCUT2D eigenvalue weighted by molar-refractivity contribution is 5.94. The molecule has 1 aromatic rings. The second-order valence-corrected chi connectivity index (χ2v) is 4.89. The molecule has 0 spiro atoms. The number of anilines is 1. The molecule has 1 aliphatic rings. The summed E-state index contributed by atoms with van der Waals surface area (Å²) in [6, 6.07) is 7.04. The van der Waals surface area contributed by atoms with Gasteiger partial charge in [0.15, 0.2) is 6.10 Å². The van der Waals surface area contributed by atoms with E-state index in [1.54, 1.807) is 24.3 Å². The first-order valence-corrected chi connectivity index (χ1v) is 7.02. The van der Waals surface area contributed by atoms with Crippen LogP contribution in [0.3, 0.4) is 0 Å². The molecular formula is C15H19NO5. The predicted octanol–water partition coefficient (Wildman–Crippen LogP) is 2.05. The summed E-state index contributed by atoms with van der Waals surface area (Å²) in [5.41, 5.74) is 0.631. The van der Waals surface area contributed by atoms with Crippen LogP contribution in [0.15, 0.2) is 24.3 Å². The Morgan fingerprint density at radius 2 is 1.95 bits per heavy atom. The minimum absolute atomic E-state index is 0.319. The topological polar surface area (TPSA) is 84.9 Å². The Morgan fingerprint density at radius 3 is 2.52 bits per heavy atom. The molecule has 0 bridgehead atoms. The van der Waals surface area contributed by atoms with Crippen LogP contribution in [0, 0.1) is 0 Å². The van der Waals surface area contributed by atoms with Crippen LogP contribution in [0.5, 0.6) is 5.75 Å². The standard InChI is InChI=1S/C15H19NO5/c1-2-9-20-11-5-3-10(4-6-11)16-14(17)12-7-8-13(21-12)15(18)19/h3-6,12-13H,2,7-9H2,1H3,(H,16,17)(H,18,19). The van der Waals surface area contributed by atoms with Crippen LogP contribution in [-0.2, 0) is 14.3 Å². The van der Waals surface area contributed by atoms with E-state index in [4.69, 9.17) is 14.6 Å². The molecule has 2 unspecified atom stereocenters. The molecule has 1 aromatic carbocycles. The quantitative estimate of drug-likeness (QED) is 0.838. The summed E-state index contributed by atoms with van der Waals surface area (Å²) in [5, 5.41) is 11.5. The third-order valence-corrected chi connectivity index (χ3v) is 3.18. The van der Waals surface area contributed by atoms with Gasteiger partial charge < -0.3 is 19.9 Å². The summed E-state index contributed by atoms with van der Waals surface area (Å²) < 4.78 is 10.7. The molecule has 1 saturated heterocycles. The highest BCUT2D eigenvalue weighted by atomic mass is 16.5. The molecule has 6 heteroatoms. The van der Waals surface area contributed by atoms with Crippen molar-refractivity contribution in [2.24, 2.45) is 0 Å². The third-order valence-electron chi connectivity index (χ3n) is 3.18. The zero-order chi connectivity index (χ0) is 15.2. The van der Waals surface area contributed by atoms with Crippen LogP contribution < -0.4 is 10.1 Å². The van der Waals surface area contributed by atoms with Gasteiger partial charge in [-0.05, 0) is 43.5 Å². The summed E-state index contributed by atoms with van der Waals surface area (Å²) in [4.78, 5) is 22.8. The number of hydrogen-bond donors (Lipinski definition) is 2. The van der Waals surface area contributed by atoms with Crippen molar-refractivity contribution in [2.45, 2.75) is 38.4 Å².